The maximum absolute atomic E-state index is 11.4. The van der Waals surface area contributed by atoms with Gasteiger partial charge in [-0.25, -0.2) is 4.79 Å². The summed E-state index contributed by atoms with van der Waals surface area (Å²) < 4.78 is 5.85. The molecule has 2 heterocycles. The Balaban J connectivity index is 2.28. The number of nitrogens with zero attached hydrogens (tertiary/aromatic N) is 2. The molecule has 1 aliphatic rings. The number of aliphatic hydroxyl groups excluding tert-OH is 3. The Kier molecular flexibility index (Phi) is 3.45. The second kappa shape index (κ2) is 4.71. The summed E-state index contributed by atoms with van der Waals surface area (Å²) in [5.74, 6) is 0. The zero-order chi connectivity index (χ0) is 12.6. The smallest absolute Gasteiger partial charge is 0.349 e. The van der Waals surface area contributed by atoms with Gasteiger partial charge in [0.05, 0.1) is 17.8 Å². The van der Waals surface area contributed by atoms with E-state index in [2.05, 4.69) is 4.98 Å². The Bertz CT molecular complexity index is 465. The Morgan fingerprint density at radius 1 is 1.59 bits per heavy atom. The third-order valence-corrected chi connectivity index (χ3v) is 2.75. The molecule has 94 valence electrons. The van der Waals surface area contributed by atoms with Crippen molar-refractivity contribution < 1.29 is 20.1 Å². The molecule has 17 heavy (non-hydrogen) atoms. The quantitative estimate of drug-likeness (QED) is 0.600. The van der Waals surface area contributed by atoms with Crippen molar-refractivity contribution in [1.82, 2.24) is 9.55 Å². The molecule has 1 aromatic rings. The number of aliphatic hydroxyl groups is 3. The van der Waals surface area contributed by atoms with Crippen LogP contribution in [-0.4, -0.2) is 49.8 Å². The minimum absolute atomic E-state index is 0.106. The van der Waals surface area contributed by atoms with Crippen molar-refractivity contribution in [2.45, 2.75) is 24.5 Å². The van der Waals surface area contributed by atoms with E-state index in [1.807, 2.05) is 0 Å². The Hall–Kier alpha value is -0.990. The van der Waals surface area contributed by atoms with Gasteiger partial charge in [-0.05, 0) is 0 Å². The molecule has 1 fully saturated rings. The molecule has 7 nitrogen and oxygen atoms in total. The van der Waals surface area contributed by atoms with Gasteiger partial charge in [-0.2, -0.15) is 4.98 Å². The van der Waals surface area contributed by atoms with Gasteiger partial charge in [0.15, 0.2) is 6.23 Å². The van der Waals surface area contributed by atoms with Crippen LogP contribution in [0.4, 0.5) is 0 Å². The van der Waals surface area contributed by atoms with Crippen LogP contribution in [0.25, 0.3) is 0 Å². The number of hydrogen-bond donors (Lipinski definition) is 3. The molecule has 1 unspecified atom stereocenters. The van der Waals surface area contributed by atoms with Crippen LogP contribution in [0.5, 0.6) is 0 Å². The van der Waals surface area contributed by atoms with E-state index in [-0.39, 0.29) is 11.6 Å². The second-order valence-corrected chi connectivity index (χ2v) is 4.17. The largest absolute Gasteiger partial charge is 0.388 e. The molecular formula is C9H11ClN2O5. The fourth-order valence-electron chi connectivity index (χ4n) is 1.64. The average molecular weight is 263 g/mol. The third-order valence-electron chi connectivity index (χ3n) is 2.55. The number of aromatic nitrogens is 2. The minimum atomic E-state index is -1.46. The van der Waals surface area contributed by atoms with E-state index in [1.54, 1.807) is 0 Å². The van der Waals surface area contributed by atoms with Gasteiger partial charge in [0.25, 0.3) is 0 Å². The van der Waals surface area contributed by atoms with Gasteiger partial charge in [-0.3, -0.25) is 4.57 Å². The van der Waals surface area contributed by atoms with Crippen LogP contribution >= 0.6 is 11.6 Å². The summed E-state index contributed by atoms with van der Waals surface area (Å²) in [7, 11) is 0. The van der Waals surface area contributed by atoms with Crippen LogP contribution in [-0.2, 0) is 4.74 Å². The van der Waals surface area contributed by atoms with Crippen molar-refractivity contribution in [2.75, 3.05) is 6.61 Å². The monoisotopic (exact) mass is 262 g/mol. The number of hydrogen-bond acceptors (Lipinski definition) is 6. The van der Waals surface area contributed by atoms with E-state index >= 15 is 0 Å². The van der Waals surface area contributed by atoms with Crippen molar-refractivity contribution in [2.24, 2.45) is 0 Å². The topological polar surface area (TPSA) is 105 Å². The Morgan fingerprint density at radius 2 is 2.29 bits per heavy atom. The maximum Gasteiger partial charge on any atom is 0.349 e. The van der Waals surface area contributed by atoms with Crippen molar-refractivity contribution in [3.8, 4) is 0 Å². The lowest BCUT2D eigenvalue weighted by Crippen LogP contribution is -2.40. The first-order valence-corrected chi connectivity index (χ1v) is 5.28. The van der Waals surface area contributed by atoms with Crippen molar-refractivity contribution in [1.29, 1.82) is 0 Å². The lowest BCUT2D eigenvalue weighted by Gasteiger charge is -2.22. The van der Waals surface area contributed by atoms with E-state index in [0.717, 1.165) is 10.8 Å². The van der Waals surface area contributed by atoms with E-state index in [4.69, 9.17) is 16.3 Å². The number of rotatable bonds is 2. The Morgan fingerprint density at radius 3 is 2.88 bits per heavy atom. The van der Waals surface area contributed by atoms with Gasteiger partial charge >= 0.3 is 5.69 Å². The standard InChI is InChI=1S/C9H11ClN2O5/c10-4-1-11-9(16)12(2-4)8(15)7-6(14)5(13)3-17-7/h1-2,5-8,13-15H,3H2/t5-,6-,7-,8?/m0/s1. The normalized spacial score (nSPS) is 30.5. The van der Waals surface area contributed by atoms with E-state index in [9.17, 15) is 20.1 Å². The maximum atomic E-state index is 11.4. The molecule has 0 saturated carbocycles. The molecule has 0 radical (unpaired) electrons. The van der Waals surface area contributed by atoms with Gasteiger partial charge in [-0.15, -0.1) is 0 Å². The van der Waals surface area contributed by atoms with Gasteiger partial charge in [0, 0.05) is 6.20 Å². The summed E-state index contributed by atoms with van der Waals surface area (Å²) in [6, 6.07) is 0. The highest BCUT2D eigenvalue weighted by molar-refractivity contribution is 6.30. The van der Waals surface area contributed by atoms with Crippen LogP contribution in [0.2, 0.25) is 5.02 Å². The van der Waals surface area contributed by atoms with Crippen LogP contribution in [0.15, 0.2) is 17.2 Å². The van der Waals surface area contributed by atoms with Gasteiger partial charge in [-0.1, -0.05) is 11.6 Å². The van der Waals surface area contributed by atoms with Crippen LogP contribution in [0.3, 0.4) is 0 Å². The molecule has 2 rings (SSSR count). The van der Waals surface area contributed by atoms with Crippen molar-refractivity contribution >= 4 is 11.6 Å². The van der Waals surface area contributed by atoms with Crippen LogP contribution < -0.4 is 5.69 Å². The second-order valence-electron chi connectivity index (χ2n) is 3.73. The zero-order valence-electron chi connectivity index (χ0n) is 8.60. The molecule has 3 N–H and O–H groups in total. The van der Waals surface area contributed by atoms with Gasteiger partial charge in [0.1, 0.15) is 18.3 Å². The summed E-state index contributed by atoms with van der Waals surface area (Å²) in [4.78, 5) is 14.8. The molecule has 0 amide bonds. The van der Waals surface area contributed by atoms with Gasteiger partial charge in [0.2, 0.25) is 0 Å². The summed E-state index contributed by atoms with van der Waals surface area (Å²) in [5.41, 5.74) is -0.723. The third kappa shape index (κ3) is 2.33. The molecule has 4 atom stereocenters. The molecule has 0 bridgehead atoms. The number of ether oxygens (including phenoxy) is 1. The molecule has 0 aliphatic carbocycles. The highest BCUT2D eigenvalue weighted by Crippen LogP contribution is 2.22. The molecule has 1 aliphatic heterocycles. The highest BCUT2D eigenvalue weighted by Gasteiger charge is 2.40. The van der Waals surface area contributed by atoms with Crippen molar-refractivity contribution in [3.05, 3.63) is 27.9 Å². The number of halogens is 1. The lowest BCUT2D eigenvalue weighted by atomic mass is 10.1. The molecule has 8 heteroatoms. The molecule has 1 saturated heterocycles. The molecule has 0 spiro atoms. The van der Waals surface area contributed by atoms with Crippen LogP contribution in [0.1, 0.15) is 6.23 Å². The predicted octanol–water partition coefficient (Wildman–Crippen LogP) is -1.49. The fraction of sp³-hybridized carbons (Fsp3) is 0.556. The summed E-state index contributed by atoms with van der Waals surface area (Å²) in [6.07, 6.45) is -2.58. The first kappa shape index (κ1) is 12.5. The molecule has 0 aromatic carbocycles. The SMILES string of the molecule is O=c1ncc(Cl)cn1C(O)[C@H]1OC[C@H](O)[C@@H]1O. The molecule has 1 aromatic heterocycles. The average Bonchev–Trinajstić information content (AvgIpc) is 2.62. The summed E-state index contributed by atoms with van der Waals surface area (Å²) in [6.45, 7) is -0.106. The summed E-state index contributed by atoms with van der Waals surface area (Å²) >= 11 is 5.65. The lowest BCUT2D eigenvalue weighted by molar-refractivity contribution is -0.0850. The Labute approximate surface area is 101 Å². The summed E-state index contributed by atoms with van der Waals surface area (Å²) in [5, 5.41) is 28.9. The van der Waals surface area contributed by atoms with E-state index in [1.165, 1.54) is 6.20 Å². The van der Waals surface area contributed by atoms with Gasteiger partial charge < -0.3 is 20.1 Å². The highest BCUT2D eigenvalue weighted by atomic mass is 35.5. The van der Waals surface area contributed by atoms with E-state index < -0.39 is 30.2 Å². The van der Waals surface area contributed by atoms with E-state index in [0.29, 0.717) is 0 Å². The zero-order valence-corrected chi connectivity index (χ0v) is 9.36. The predicted molar refractivity (Wildman–Crippen MR) is 56.5 cm³/mol. The molecular weight excluding hydrogens is 252 g/mol. The first-order chi connectivity index (χ1) is 8.00. The van der Waals surface area contributed by atoms with Crippen molar-refractivity contribution in [3.63, 3.8) is 0 Å². The fourth-order valence-corrected chi connectivity index (χ4v) is 1.79. The minimum Gasteiger partial charge on any atom is -0.388 e. The van der Waals surface area contributed by atoms with Crippen LogP contribution in [0, 0.1) is 0 Å². The first-order valence-electron chi connectivity index (χ1n) is 4.90.